The van der Waals surface area contributed by atoms with Crippen LogP contribution in [0, 0.1) is 0 Å². The Morgan fingerprint density at radius 2 is 2.29 bits per heavy atom. The zero-order valence-electron chi connectivity index (χ0n) is 10.1. The molecule has 0 saturated heterocycles. The van der Waals surface area contributed by atoms with E-state index < -0.39 is 5.60 Å². The van der Waals surface area contributed by atoms with Crippen LogP contribution in [-0.4, -0.2) is 15.7 Å². The quantitative estimate of drug-likeness (QED) is 0.751. The molecule has 0 bridgehead atoms. The van der Waals surface area contributed by atoms with Crippen molar-refractivity contribution in [2.45, 2.75) is 50.0 Å². The van der Waals surface area contributed by atoms with Crippen LogP contribution in [0.2, 0.25) is 0 Å². The van der Waals surface area contributed by atoms with Crippen molar-refractivity contribution in [3.63, 3.8) is 0 Å². The summed E-state index contributed by atoms with van der Waals surface area (Å²) in [6.07, 6.45) is 12.4. The molecule has 1 aromatic heterocycles. The van der Waals surface area contributed by atoms with E-state index in [9.17, 15) is 5.11 Å². The van der Waals surface area contributed by atoms with Crippen molar-refractivity contribution in [3.05, 3.63) is 41.7 Å². The summed E-state index contributed by atoms with van der Waals surface area (Å²) < 4.78 is 0. The van der Waals surface area contributed by atoms with Gasteiger partial charge in [-0.2, -0.15) is 0 Å². The third-order valence-corrected chi connectivity index (χ3v) is 4.15. The molecule has 2 aliphatic carbocycles. The van der Waals surface area contributed by atoms with Gasteiger partial charge in [0.1, 0.15) is 0 Å². The number of aryl methyl sites for hydroxylation is 1. The van der Waals surface area contributed by atoms with E-state index in [-0.39, 0.29) is 5.92 Å². The predicted octanol–water partition coefficient (Wildman–Crippen LogP) is 2.97. The van der Waals surface area contributed by atoms with Crippen molar-refractivity contribution in [3.8, 4) is 0 Å². The molecule has 0 aromatic carbocycles. The van der Waals surface area contributed by atoms with Crippen LogP contribution >= 0.6 is 0 Å². The molecule has 1 N–H and O–H groups in total. The molecule has 2 atom stereocenters. The molecule has 90 valence electrons. The summed E-state index contributed by atoms with van der Waals surface area (Å²) in [4.78, 5) is 4.53. The van der Waals surface area contributed by atoms with Gasteiger partial charge < -0.3 is 5.11 Å². The number of hydrogen-bond donors (Lipinski definition) is 1. The number of rotatable bonds is 1. The highest BCUT2D eigenvalue weighted by atomic mass is 16.3. The van der Waals surface area contributed by atoms with E-state index >= 15 is 0 Å². The predicted molar refractivity (Wildman–Crippen MR) is 67.9 cm³/mol. The van der Waals surface area contributed by atoms with Gasteiger partial charge in [-0.3, -0.25) is 4.98 Å². The molecule has 0 amide bonds. The second-order valence-corrected chi connectivity index (χ2v) is 5.28. The maximum atomic E-state index is 10.8. The van der Waals surface area contributed by atoms with Gasteiger partial charge in [0, 0.05) is 17.8 Å². The lowest BCUT2D eigenvalue weighted by atomic mass is 9.72. The van der Waals surface area contributed by atoms with E-state index in [1.807, 2.05) is 18.3 Å². The van der Waals surface area contributed by atoms with Crippen LogP contribution in [0.3, 0.4) is 0 Å². The summed E-state index contributed by atoms with van der Waals surface area (Å²) >= 11 is 0. The Bertz CT molecular complexity index is 440. The van der Waals surface area contributed by atoms with Crippen molar-refractivity contribution >= 4 is 0 Å². The van der Waals surface area contributed by atoms with Gasteiger partial charge in [0.15, 0.2) is 0 Å². The molecule has 2 nitrogen and oxygen atoms in total. The van der Waals surface area contributed by atoms with E-state index in [2.05, 4.69) is 17.1 Å². The van der Waals surface area contributed by atoms with Gasteiger partial charge in [0.25, 0.3) is 0 Å². The number of fused-ring (bicyclic) bond motifs is 1. The lowest BCUT2D eigenvalue weighted by Gasteiger charge is -2.38. The fourth-order valence-corrected chi connectivity index (χ4v) is 3.26. The number of aromatic nitrogens is 1. The lowest BCUT2D eigenvalue weighted by molar-refractivity contribution is 0.0378. The smallest absolute Gasteiger partial charge is 0.0911 e. The Labute approximate surface area is 102 Å². The van der Waals surface area contributed by atoms with Gasteiger partial charge in [-0.05, 0) is 50.2 Å². The number of allylic oxidation sites excluding steroid dienone is 1. The maximum Gasteiger partial charge on any atom is 0.0911 e. The van der Waals surface area contributed by atoms with E-state index in [0.717, 1.165) is 37.8 Å². The summed E-state index contributed by atoms with van der Waals surface area (Å²) in [5.41, 5.74) is 1.81. The molecule has 17 heavy (non-hydrogen) atoms. The summed E-state index contributed by atoms with van der Waals surface area (Å²) in [7, 11) is 0. The van der Waals surface area contributed by atoms with Gasteiger partial charge in [-0.15, -0.1) is 0 Å². The maximum absolute atomic E-state index is 10.8. The minimum atomic E-state index is -0.651. The molecule has 0 fully saturated rings. The number of nitrogens with zero attached hydrogens (tertiary/aromatic N) is 1. The standard InChI is InChI=1S/C15H19NO/c17-15(9-2-1-3-10-15)13-8-4-6-12-7-5-11-16-14(12)13/h2,5,7,9,11,13,17H,1,3-4,6,8,10H2. The SMILES string of the molecule is OC1(C2CCCc3cccnc32)C=CCCC1. The molecular formula is C15H19NO. The van der Waals surface area contributed by atoms with E-state index in [1.54, 1.807) is 0 Å². The monoisotopic (exact) mass is 229 g/mol. The van der Waals surface area contributed by atoms with E-state index in [1.165, 1.54) is 12.0 Å². The van der Waals surface area contributed by atoms with Gasteiger partial charge in [-0.25, -0.2) is 0 Å². The molecule has 1 heterocycles. The molecule has 0 radical (unpaired) electrons. The topological polar surface area (TPSA) is 33.1 Å². The highest BCUT2D eigenvalue weighted by Gasteiger charge is 2.39. The minimum absolute atomic E-state index is 0.198. The van der Waals surface area contributed by atoms with Gasteiger partial charge in [-0.1, -0.05) is 18.2 Å². The normalized spacial score (nSPS) is 32.2. The van der Waals surface area contributed by atoms with Gasteiger partial charge >= 0.3 is 0 Å². The van der Waals surface area contributed by atoms with Crippen LogP contribution in [0.15, 0.2) is 30.5 Å². The minimum Gasteiger partial charge on any atom is -0.385 e. The zero-order chi connectivity index (χ0) is 11.7. The molecule has 3 rings (SSSR count). The van der Waals surface area contributed by atoms with Crippen molar-refractivity contribution < 1.29 is 5.11 Å². The summed E-state index contributed by atoms with van der Waals surface area (Å²) in [6.45, 7) is 0. The summed E-state index contributed by atoms with van der Waals surface area (Å²) in [5, 5.41) is 10.8. The highest BCUT2D eigenvalue weighted by Crippen LogP contribution is 2.42. The highest BCUT2D eigenvalue weighted by molar-refractivity contribution is 5.31. The van der Waals surface area contributed by atoms with Crippen LogP contribution < -0.4 is 0 Å². The van der Waals surface area contributed by atoms with Crippen LogP contribution in [0.5, 0.6) is 0 Å². The average molecular weight is 229 g/mol. The molecule has 2 aliphatic rings. The molecule has 0 saturated carbocycles. The van der Waals surface area contributed by atoms with E-state index in [0.29, 0.717) is 0 Å². The third-order valence-electron chi connectivity index (χ3n) is 4.15. The largest absolute Gasteiger partial charge is 0.385 e. The molecule has 0 spiro atoms. The van der Waals surface area contributed by atoms with Crippen LogP contribution in [0.25, 0.3) is 0 Å². The first-order valence-electron chi connectivity index (χ1n) is 6.63. The summed E-state index contributed by atoms with van der Waals surface area (Å²) in [5.74, 6) is 0.198. The van der Waals surface area contributed by atoms with Crippen LogP contribution in [0.4, 0.5) is 0 Å². The molecule has 2 unspecified atom stereocenters. The van der Waals surface area contributed by atoms with Crippen LogP contribution in [-0.2, 0) is 6.42 Å². The number of pyridine rings is 1. The molecule has 0 aliphatic heterocycles. The lowest BCUT2D eigenvalue weighted by Crippen LogP contribution is -2.38. The Kier molecular flexibility index (Phi) is 2.75. The second kappa shape index (κ2) is 4.26. The summed E-state index contributed by atoms with van der Waals surface area (Å²) in [6, 6.07) is 4.16. The Morgan fingerprint density at radius 3 is 3.12 bits per heavy atom. The first-order valence-corrected chi connectivity index (χ1v) is 6.63. The van der Waals surface area contributed by atoms with Crippen molar-refractivity contribution in [1.82, 2.24) is 4.98 Å². The first kappa shape index (κ1) is 11.0. The van der Waals surface area contributed by atoms with E-state index in [4.69, 9.17) is 0 Å². The number of aliphatic hydroxyl groups is 1. The third kappa shape index (κ3) is 1.91. The van der Waals surface area contributed by atoms with Crippen LogP contribution in [0.1, 0.15) is 49.3 Å². The Balaban J connectivity index is 1.99. The number of hydrogen-bond acceptors (Lipinski definition) is 2. The molecule has 2 heteroatoms. The second-order valence-electron chi connectivity index (χ2n) is 5.28. The molecular weight excluding hydrogens is 210 g/mol. The van der Waals surface area contributed by atoms with Gasteiger partial charge in [0.2, 0.25) is 0 Å². The van der Waals surface area contributed by atoms with Crippen molar-refractivity contribution in [1.29, 1.82) is 0 Å². The molecule has 1 aromatic rings. The Hall–Kier alpha value is -1.15. The Morgan fingerprint density at radius 1 is 1.35 bits per heavy atom. The van der Waals surface area contributed by atoms with Crippen molar-refractivity contribution in [2.24, 2.45) is 0 Å². The average Bonchev–Trinajstić information content (AvgIpc) is 2.39. The zero-order valence-corrected chi connectivity index (χ0v) is 10.1. The fourth-order valence-electron chi connectivity index (χ4n) is 3.26. The van der Waals surface area contributed by atoms with Crippen molar-refractivity contribution in [2.75, 3.05) is 0 Å². The van der Waals surface area contributed by atoms with Gasteiger partial charge in [0.05, 0.1) is 5.60 Å². The first-order chi connectivity index (χ1) is 8.30. The fraction of sp³-hybridized carbons (Fsp3) is 0.533.